The van der Waals surface area contributed by atoms with Gasteiger partial charge in [-0.25, -0.2) is 18.1 Å². The number of nitrogens with zero attached hydrogens (tertiary/aromatic N) is 2. The van der Waals surface area contributed by atoms with E-state index in [4.69, 9.17) is 0 Å². The molecule has 1 aliphatic heterocycles. The summed E-state index contributed by atoms with van der Waals surface area (Å²) in [6.07, 6.45) is 9.88. The minimum absolute atomic E-state index is 0.326. The number of aryl methyl sites for hydroxylation is 2. The third kappa shape index (κ3) is 2.88. The van der Waals surface area contributed by atoms with E-state index in [1.54, 1.807) is 0 Å². The third-order valence-electron chi connectivity index (χ3n) is 5.33. The van der Waals surface area contributed by atoms with Gasteiger partial charge in [-0.2, -0.15) is 0 Å². The highest BCUT2D eigenvalue weighted by atomic mass is 32.2. The normalized spacial score (nSPS) is 25.8. The van der Waals surface area contributed by atoms with Crippen molar-refractivity contribution in [2.45, 2.75) is 51.5 Å². The van der Waals surface area contributed by atoms with Crippen LogP contribution < -0.4 is 4.72 Å². The molecule has 6 heteroatoms. The van der Waals surface area contributed by atoms with E-state index in [9.17, 15) is 8.42 Å². The Morgan fingerprint density at radius 2 is 2.24 bits per heavy atom. The first-order chi connectivity index (χ1) is 10.1. The van der Waals surface area contributed by atoms with Crippen molar-refractivity contribution < 1.29 is 8.42 Å². The van der Waals surface area contributed by atoms with Crippen LogP contribution in [-0.4, -0.2) is 30.3 Å². The molecule has 4 rings (SSSR count). The van der Waals surface area contributed by atoms with Gasteiger partial charge in [0, 0.05) is 32.1 Å². The molecule has 2 aliphatic carbocycles. The molecule has 0 aromatic carbocycles. The number of sulfonamides is 1. The monoisotopic (exact) mass is 309 g/mol. The standard InChI is InChI=1S/C15H23N3O2S/c19-21(20,11-12-9-15(12)5-6-15)16-7-4-13-10-18-8-2-1-3-14(18)17-13/h10,12,16H,1-9,11H2. The fourth-order valence-corrected chi connectivity index (χ4v) is 5.22. The molecule has 2 heterocycles. The van der Waals surface area contributed by atoms with Gasteiger partial charge in [0.1, 0.15) is 5.82 Å². The van der Waals surface area contributed by atoms with E-state index in [1.807, 2.05) is 0 Å². The molecular weight excluding hydrogens is 286 g/mol. The molecule has 1 atom stereocenters. The largest absolute Gasteiger partial charge is 0.335 e. The van der Waals surface area contributed by atoms with Gasteiger partial charge in [-0.15, -0.1) is 0 Å². The van der Waals surface area contributed by atoms with Crippen molar-refractivity contribution in [3.8, 4) is 0 Å². The van der Waals surface area contributed by atoms with Crippen LogP contribution in [0, 0.1) is 11.3 Å². The zero-order valence-electron chi connectivity index (χ0n) is 12.3. The minimum Gasteiger partial charge on any atom is -0.335 e. The smallest absolute Gasteiger partial charge is 0.211 e. The molecule has 0 bridgehead atoms. The zero-order valence-corrected chi connectivity index (χ0v) is 13.2. The lowest BCUT2D eigenvalue weighted by atomic mass is 10.2. The third-order valence-corrected chi connectivity index (χ3v) is 6.82. The van der Waals surface area contributed by atoms with Gasteiger partial charge in [-0.3, -0.25) is 0 Å². The summed E-state index contributed by atoms with van der Waals surface area (Å²) in [5, 5.41) is 0. The average molecular weight is 309 g/mol. The Balaban J connectivity index is 1.27. The molecular formula is C15H23N3O2S. The zero-order chi connectivity index (χ0) is 14.5. The summed E-state index contributed by atoms with van der Waals surface area (Å²) in [4.78, 5) is 4.60. The van der Waals surface area contributed by atoms with Gasteiger partial charge >= 0.3 is 0 Å². The summed E-state index contributed by atoms with van der Waals surface area (Å²) in [5.41, 5.74) is 1.47. The Hall–Kier alpha value is -0.880. The molecule has 1 unspecified atom stereocenters. The maximum absolute atomic E-state index is 12.0. The van der Waals surface area contributed by atoms with Crippen molar-refractivity contribution >= 4 is 10.0 Å². The number of hydrogen-bond donors (Lipinski definition) is 1. The Morgan fingerprint density at radius 1 is 1.38 bits per heavy atom. The number of hydrogen-bond acceptors (Lipinski definition) is 3. The quantitative estimate of drug-likeness (QED) is 0.866. The van der Waals surface area contributed by atoms with Crippen LogP contribution in [0.2, 0.25) is 0 Å². The van der Waals surface area contributed by atoms with Crippen molar-refractivity contribution in [2.24, 2.45) is 11.3 Å². The summed E-state index contributed by atoms with van der Waals surface area (Å²) in [5.74, 6) is 1.91. The van der Waals surface area contributed by atoms with Gasteiger partial charge in [0.2, 0.25) is 10.0 Å². The first kappa shape index (κ1) is 13.8. The van der Waals surface area contributed by atoms with Gasteiger partial charge in [0.15, 0.2) is 0 Å². The highest BCUT2D eigenvalue weighted by Gasteiger charge is 2.63. The number of aromatic nitrogens is 2. The van der Waals surface area contributed by atoms with E-state index in [0.717, 1.165) is 30.9 Å². The van der Waals surface area contributed by atoms with Crippen LogP contribution in [0.1, 0.15) is 43.6 Å². The molecule has 2 fully saturated rings. The lowest BCUT2D eigenvalue weighted by Gasteiger charge is -2.11. The summed E-state index contributed by atoms with van der Waals surface area (Å²) in [6.45, 7) is 1.52. The highest BCUT2D eigenvalue weighted by molar-refractivity contribution is 7.89. The second kappa shape index (κ2) is 4.81. The summed E-state index contributed by atoms with van der Waals surface area (Å²) < 4.78 is 29.1. The van der Waals surface area contributed by atoms with Crippen molar-refractivity contribution in [3.63, 3.8) is 0 Å². The summed E-state index contributed by atoms with van der Waals surface area (Å²) >= 11 is 0. The Labute approximate surface area is 126 Å². The summed E-state index contributed by atoms with van der Waals surface area (Å²) in [6, 6.07) is 0. The maximum atomic E-state index is 12.0. The molecule has 2 saturated carbocycles. The van der Waals surface area contributed by atoms with Crippen molar-refractivity contribution in [1.82, 2.24) is 14.3 Å². The SMILES string of the molecule is O=S(=O)(CC1CC12CC2)NCCc1cn2c(n1)CCCC2. The second-order valence-electron chi connectivity index (χ2n) is 6.99. The molecule has 1 aromatic rings. The molecule has 1 spiro atoms. The van der Waals surface area contributed by atoms with Crippen LogP contribution in [0.25, 0.3) is 0 Å². The van der Waals surface area contributed by atoms with Crippen molar-refractivity contribution in [2.75, 3.05) is 12.3 Å². The van der Waals surface area contributed by atoms with Gasteiger partial charge in [0.05, 0.1) is 11.4 Å². The molecule has 0 radical (unpaired) electrons. The molecule has 21 heavy (non-hydrogen) atoms. The number of nitrogens with one attached hydrogen (secondary N) is 1. The molecule has 1 N–H and O–H groups in total. The molecule has 3 aliphatic rings. The van der Waals surface area contributed by atoms with Gasteiger partial charge in [0.25, 0.3) is 0 Å². The molecule has 116 valence electrons. The summed E-state index contributed by atoms with van der Waals surface area (Å²) in [7, 11) is -3.11. The van der Waals surface area contributed by atoms with E-state index >= 15 is 0 Å². The second-order valence-corrected chi connectivity index (χ2v) is 8.84. The molecule has 0 saturated heterocycles. The molecule has 1 aromatic heterocycles. The van der Waals surface area contributed by atoms with Crippen LogP contribution in [0.3, 0.4) is 0 Å². The van der Waals surface area contributed by atoms with E-state index in [-0.39, 0.29) is 0 Å². The fourth-order valence-electron chi connectivity index (χ4n) is 3.69. The number of imidazole rings is 1. The van der Waals surface area contributed by atoms with Crippen molar-refractivity contribution in [3.05, 3.63) is 17.7 Å². The topological polar surface area (TPSA) is 64.0 Å². The van der Waals surface area contributed by atoms with Crippen LogP contribution in [0.15, 0.2) is 6.20 Å². The number of rotatable bonds is 6. The van der Waals surface area contributed by atoms with E-state index < -0.39 is 10.0 Å². The first-order valence-electron chi connectivity index (χ1n) is 8.09. The number of fused-ring (bicyclic) bond motifs is 1. The van der Waals surface area contributed by atoms with E-state index in [2.05, 4.69) is 20.5 Å². The van der Waals surface area contributed by atoms with Crippen LogP contribution in [0.5, 0.6) is 0 Å². The Morgan fingerprint density at radius 3 is 2.95 bits per heavy atom. The Bertz CT molecular complexity index is 622. The average Bonchev–Trinajstić information content (AvgIpc) is 3.29. The lowest BCUT2D eigenvalue weighted by Crippen LogP contribution is -2.29. The van der Waals surface area contributed by atoms with Crippen LogP contribution in [-0.2, 0) is 29.4 Å². The maximum Gasteiger partial charge on any atom is 0.211 e. The van der Waals surface area contributed by atoms with Crippen LogP contribution in [0.4, 0.5) is 0 Å². The van der Waals surface area contributed by atoms with E-state index in [1.165, 1.54) is 25.7 Å². The van der Waals surface area contributed by atoms with Gasteiger partial charge in [-0.1, -0.05) is 0 Å². The predicted molar refractivity (Wildman–Crippen MR) is 80.4 cm³/mol. The predicted octanol–water partition coefficient (Wildman–Crippen LogP) is 1.48. The highest BCUT2D eigenvalue weighted by Crippen LogP contribution is 2.70. The Kier molecular flexibility index (Phi) is 3.15. The van der Waals surface area contributed by atoms with Gasteiger partial charge < -0.3 is 4.57 Å². The van der Waals surface area contributed by atoms with Gasteiger partial charge in [-0.05, 0) is 43.4 Å². The minimum atomic E-state index is -3.11. The molecule has 0 amide bonds. The van der Waals surface area contributed by atoms with Crippen molar-refractivity contribution in [1.29, 1.82) is 0 Å². The van der Waals surface area contributed by atoms with E-state index in [0.29, 0.717) is 30.1 Å². The van der Waals surface area contributed by atoms with Crippen LogP contribution >= 0.6 is 0 Å². The lowest BCUT2D eigenvalue weighted by molar-refractivity contribution is 0.522. The molecule has 5 nitrogen and oxygen atoms in total. The first-order valence-corrected chi connectivity index (χ1v) is 9.74. The fraction of sp³-hybridized carbons (Fsp3) is 0.800.